The summed E-state index contributed by atoms with van der Waals surface area (Å²) in [4.78, 5) is 2.17. The van der Waals surface area contributed by atoms with Gasteiger partial charge in [-0.25, -0.2) is 0 Å². The molecule has 0 N–H and O–H groups in total. The molecule has 0 atom stereocenters. The molecule has 0 aromatic carbocycles. The summed E-state index contributed by atoms with van der Waals surface area (Å²) < 4.78 is 0. The van der Waals surface area contributed by atoms with Crippen LogP contribution in [0.3, 0.4) is 0 Å². The van der Waals surface area contributed by atoms with Crippen LogP contribution in [0.4, 0.5) is 0 Å². The molecule has 0 aromatic rings. The normalized spacial score (nSPS) is 23.4. The van der Waals surface area contributed by atoms with Gasteiger partial charge < -0.3 is 4.90 Å². The summed E-state index contributed by atoms with van der Waals surface area (Å²) in [7, 11) is 2.06. The minimum absolute atomic E-state index is 1.05. The third-order valence-electron chi connectivity index (χ3n) is 2.02. The quantitative estimate of drug-likeness (QED) is 0.414. The number of hydrogen-bond acceptors (Lipinski definition) is 2. The summed E-state index contributed by atoms with van der Waals surface area (Å²) in [6, 6.07) is 0. The van der Waals surface area contributed by atoms with Gasteiger partial charge in [0.25, 0.3) is 0 Å². The minimum atomic E-state index is 1.05. The lowest BCUT2D eigenvalue weighted by Gasteiger charge is -2.16. The van der Waals surface area contributed by atoms with Crippen molar-refractivity contribution in [3.05, 3.63) is 0 Å². The highest BCUT2D eigenvalue weighted by Gasteiger charge is 2.09. The molecule has 0 radical (unpaired) electrons. The van der Waals surface area contributed by atoms with E-state index in [0.29, 0.717) is 0 Å². The Balaban J connectivity index is 2.58. The minimum Gasteiger partial charge on any atom is -0.362 e. The molecular weight excluding hydrogens is 138 g/mol. The SMILES string of the molecule is C=N/N=C1/CCCCCN1C. The zero-order valence-corrected chi connectivity index (χ0v) is 7.08. The Morgan fingerprint density at radius 3 is 2.91 bits per heavy atom. The van der Waals surface area contributed by atoms with Gasteiger partial charge in [0.05, 0.1) is 0 Å². The zero-order valence-electron chi connectivity index (χ0n) is 7.08. The Labute approximate surface area is 67.8 Å². The molecule has 0 spiro atoms. The van der Waals surface area contributed by atoms with Crippen molar-refractivity contribution in [2.24, 2.45) is 10.2 Å². The standard InChI is InChI=1S/C8H15N3/c1-9-10-8-6-4-3-5-7-11(8)2/h1,3-7H2,2H3/b10-8-. The van der Waals surface area contributed by atoms with Crippen molar-refractivity contribution in [2.45, 2.75) is 25.7 Å². The molecule has 1 aliphatic heterocycles. The van der Waals surface area contributed by atoms with Crippen molar-refractivity contribution >= 4 is 12.6 Å². The van der Waals surface area contributed by atoms with Gasteiger partial charge in [0.1, 0.15) is 5.84 Å². The monoisotopic (exact) mass is 153 g/mol. The molecule has 0 aromatic heterocycles. The van der Waals surface area contributed by atoms with E-state index >= 15 is 0 Å². The fourth-order valence-corrected chi connectivity index (χ4v) is 1.34. The van der Waals surface area contributed by atoms with Gasteiger partial charge in [0.2, 0.25) is 0 Å². The van der Waals surface area contributed by atoms with Crippen molar-refractivity contribution in [1.29, 1.82) is 0 Å². The van der Waals surface area contributed by atoms with Crippen LogP contribution < -0.4 is 0 Å². The molecule has 0 aliphatic carbocycles. The topological polar surface area (TPSA) is 28.0 Å². The van der Waals surface area contributed by atoms with E-state index in [2.05, 4.69) is 28.9 Å². The third-order valence-corrected chi connectivity index (χ3v) is 2.02. The Morgan fingerprint density at radius 2 is 2.18 bits per heavy atom. The second kappa shape index (κ2) is 4.11. The van der Waals surface area contributed by atoms with Gasteiger partial charge in [-0.2, -0.15) is 5.10 Å². The van der Waals surface area contributed by atoms with E-state index < -0.39 is 0 Å². The van der Waals surface area contributed by atoms with Crippen LogP contribution in [0.2, 0.25) is 0 Å². The van der Waals surface area contributed by atoms with E-state index in [9.17, 15) is 0 Å². The number of amidine groups is 1. The lowest BCUT2D eigenvalue weighted by Crippen LogP contribution is -2.25. The second-order valence-electron chi connectivity index (χ2n) is 2.89. The van der Waals surface area contributed by atoms with Crippen molar-refractivity contribution in [3.8, 4) is 0 Å². The molecule has 0 unspecified atom stereocenters. The number of likely N-dealkylation sites (tertiary alicyclic amines) is 1. The maximum absolute atomic E-state index is 3.98. The summed E-state index contributed by atoms with van der Waals surface area (Å²) in [5, 5.41) is 7.53. The average Bonchev–Trinajstić information content (AvgIpc) is 2.18. The van der Waals surface area contributed by atoms with E-state index in [4.69, 9.17) is 0 Å². The molecule has 3 heteroatoms. The lowest BCUT2D eigenvalue weighted by atomic mass is 10.2. The van der Waals surface area contributed by atoms with Crippen LogP contribution in [0.5, 0.6) is 0 Å². The van der Waals surface area contributed by atoms with Crippen LogP contribution in [0.1, 0.15) is 25.7 Å². The van der Waals surface area contributed by atoms with Crippen molar-refractivity contribution in [3.63, 3.8) is 0 Å². The highest BCUT2D eigenvalue weighted by atomic mass is 15.3. The van der Waals surface area contributed by atoms with E-state index in [-0.39, 0.29) is 0 Å². The maximum Gasteiger partial charge on any atom is 0.127 e. The smallest absolute Gasteiger partial charge is 0.127 e. The zero-order chi connectivity index (χ0) is 8.10. The molecule has 0 amide bonds. The van der Waals surface area contributed by atoms with Crippen LogP contribution >= 0.6 is 0 Å². The van der Waals surface area contributed by atoms with Gasteiger partial charge in [-0.05, 0) is 12.8 Å². The van der Waals surface area contributed by atoms with Gasteiger partial charge in [0.15, 0.2) is 0 Å². The molecule has 1 saturated heterocycles. The van der Waals surface area contributed by atoms with Gasteiger partial charge in [0, 0.05) is 26.7 Å². The van der Waals surface area contributed by atoms with E-state index in [1.165, 1.54) is 19.3 Å². The number of nitrogens with zero attached hydrogens (tertiary/aromatic N) is 3. The summed E-state index contributed by atoms with van der Waals surface area (Å²) in [6.07, 6.45) is 4.86. The molecule has 62 valence electrons. The summed E-state index contributed by atoms with van der Waals surface area (Å²) in [5.41, 5.74) is 0. The average molecular weight is 153 g/mol. The molecule has 3 nitrogen and oxygen atoms in total. The van der Waals surface area contributed by atoms with E-state index in [0.717, 1.165) is 18.8 Å². The molecule has 0 saturated carbocycles. The van der Waals surface area contributed by atoms with Crippen LogP contribution in [0, 0.1) is 0 Å². The van der Waals surface area contributed by atoms with Gasteiger partial charge in [-0.15, -0.1) is 5.10 Å². The van der Waals surface area contributed by atoms with Crippen molar-refractivity contribution in [2.75, 3.05) is 13.6 Å². The molecule has 1 heterocycles. The predicted octanol–water partition coefficient (Wildman–Crippen LogP) is 1.51. The highest BCUT2D eigenvalue weighted by molar-refractivity contribution is 5.82. The van der Waals surface area contributed by atoms with E-state index in [1.807, 2.05) is 0 Å². The first-order valence-corrected chi connectivity index (χ1v) is 4.08. The first-order chi connectivity index (χ1) is 5.34. The fourth-order valence-electron chi connectivity index (χ4n) is 1.34. The van der Waals surface area contributed by atoms with Gasteiger partial charge in [-0.1, -0.05) is 6.42 Å². The summed E-state index contributed by atoms with van der Waals surface area (Å²) in [5.74, 6) is 1.08. The van der Waals surface area contributed by atoms with Crippen LogP contribution in [0.15, 0.2) is 10.2 Å². The molecular formula is C8H15N3. The van der Waals surface area contributed by atoms with E-state index in [1.54, 1.807) is 0 Å². The third kappa shape index (κ3) is 2.33. The Kier molecular flexibility index (Phi) is 3.08. The maximum atomic E-state index is 3.98. The first kappa shape index (κ1) is 8.24. The van der Waals surface area contributed by atoms with Crippen LogP contribution in [-0.2, 0) is 0 Å². The van der Waals surface area contributed by atoms with Crippen LogP contribution in [-0.4, -0.2) is 31.0 Å². The molecule has 1 aliphatic rings. The fraction of sp³-hybridized carbons (Fsp3) is 0.750. The molecule has 1 fully saturated rings. The second-order valence-corrected chi connectivity index (χ2v) is 2.89. The number of rotatable bonds is 1. The Bertz CT molecular complexity index is 163. The Morgan fingerprint density at radius 1 is 1.36 bits per heavy atom. The van der Waals surface area contributed by atoms with Gasteiger partial charge in [-0.3, -0.25) is 0 Å². The molecule has 11 heavy (non-hydrogen) atoms. The molecule has 0 bridgehead atoms. The largest absolute Gasteiger partial charge is 0.362 e. The van der Waals surface area contributed by atoms with Gasteiger partial charge >= 0.3 is 0 Å². The lowest BCUT2D eigenvalue weighted by molar-refractivity contribution is 0.493. The predicted molar refractivity (Wildman–Crippen MR) is 48.1 cm³/mol. The van der Waals surface area contributed by atoms with Crippen molar-refractivity contribution < 1.29 is 0 Å². The summed E-state index contributed by atoms with van der Waals surface area (Å²) >= 11 is 0. The summed E-state index contributed by atoms with van der Waals surface area (Å²) in [6.45, 7) is 4.46. The first-order valence-electron chi connectivity index (χ1n) is 4.08. The highest BCUT2D eigenvalue weighted by Crippen LogP contribution is 2.10. The van der Waals surface area contributed by atoms with Crippen LogP contribution in [0.25, 0.3) is 0 Å². The number of hydrogen-bond donors (Lipinski definition) is 0. The van der Waals surface area contributed by atoms with Crippen molar-refractivity contribution in [1.82, 2.24) is 4.90 Å². The Hall–Kier alpha value is -0.860. The molecule has 1 rings (SSSR count).